The summed E-state index contributed by atoms with van der Waals surface area (Å²) in [5, 5.41) is 8.04. The van der Waals surface area contributed by atoms with Gasteiger partial charge in [-0.1, -0.05) is 0 Å². The Hall–Kier alpha value is -0.340. The molecule has 0 N–H and O–H groups in total. The molecule has 2 heteroatoms. The first-order valence-corrected chi connectivity index (χ1v) is 4.38. The van der Waals surface area contributed by atoms with Crippen LogP contribution in [0.5, 0.6) is 0 Å². The van der Waals surface area contributed by atoms with Crippen LogP contribution in [0, 0.1) is 11.3 Å². The summed E-state index contributed by atoms with van der Waals surface area (Å²) in [7, 11) is 1.29. The molecule has 0 radical (unpaired) electrons. The van der Waals surface area contributed by atoms with E-state index in [0.717, 1.165) is 6.42 Å². The monoisotopic (exact) mass is 129 g/mol. The van der Waals surface area contributed by atoms with Crippen molar-refractivity contribution in [1.29, 1.82) is 5.26 Å². The Balaban J connectivity index is 2.94. The normalized spacial score (nSPS) is 9.62. The Morgan fingerprint density at radius 1 is 1.62 bits per heavy atom. The summed E-state index contributed by atoms with van der Waals surface area (Å²) >= 11 is 0. The van der Waals surface area contributed by atoms with E-state index in [1.165, 1.54) is 21.8 Å². The maximum absolute atomic E-state index is 8.04. The fraction of sp³-hybridized carbons (Fsp3) is 0.500. The predicted octanol–water partition coefficient (Wildman–Crippen LogP) is 1.19. The van der Waals surface area contributed by atoms with Crippen LogP contribution < -0.4 is 0 Å². The van der Waals surface area contributed by atoms with Gasteiger partial charge in [0.2, 0.25) is 0 Å². The van der Waals surface area contributed by atoms with E-state index in [0.29, 0.717) is 0 Å². The maximum atomic E-state index is 8.04. The zero-order valence-corrected chi connectivity index (χ0v) is 7.22. The molecule has 0 fully saturated rings. The Morgan fingerprint density at radius 2 is 2.38 bits per heavy atom. The molecule has 0 aliphatic rings. The number of hydrogen-bond acceptors (Lipinski definition) is 1. The van der Waals surface area contributed by atoms with Gasteiger partial charge in [0.1, 0.15) is 0 Å². The second-order valence-corrected chi connectivity index (χ2v) is 2.67. The van der Waals surface area contributed by atoms with Crippen LogP contribution in [-0.2, 0) is 0 Å². The van der Waals surface area contributed by atoms with Crippen molar-refractivity contribution >= 4 is 9.24 Å². The minimum absolute atomic E-state index is 1.08. The zero-order chi connectivity index (χ0) is 6.24. The van der Waals surface area contributed by atoms with E-state index in [1.54, 1.807) is 6.08 Å². The van der Waals surface area contributed by atoms with Crippen LogP contribution in [0.4, 0.5) is 0 Å². The molecule has 0 aromatic carbocycles. The second kappa shape index (κ2) is 6.66. The van der Waals surface area contributed by atoms with Crippen LogP contribution in [0.15, 0.2) is 12.2 Å². The molecule has 0 atom stereocenters. The van der Waals surface area contributed by atoms with Gasteiger partial charge in [0.25, 0.3) is 0 Å². The Morgan fingerprint density at radius 3 is 2.88 bits per heavy atom. The summed E-state index contributed by atoms with van der Waals surface area (Å²) < 4.78 is 0. The average molecular weight is 129 g/mol. The van der Waals surface area contributed by atoms with Crippen molar-refractivity contribution in [3.8, 4) is 6.07 Å². The number of unbranched alkanes of at least 4 members (excludes halogenated alkanes) is 1. The summed E-state index contributed by atoms with van der Waals surface area (Å²) in [4.78, 5) is 0. The van der Waals surface area contributed by atoms with Crippen LogP contribution in [0.3, 0.4) is 0 Å². The van der Waals surface area contributed by atoms with Crippen molar-refractivity contribution in [3.63, 3.8) is 0 Å². The van der Waals surface area contributed by atoms with Gasteiger partial charge in [0.15, 0.2) is 0 Å². The molecule has 0 amide bonds. The summed E-state index contributed by atoms with van der Waals surface area (Å²) in [6, 6.07) is 1.96. The molecule has 0 saturated carbocycles. The molecule has 0 bridgehead atoms. The van der Waals surface area contributed by atoms with Crippen molar-refractivity contribution in [1.82, 2.24) is 0 Å². The molecule has 0 unspecified atom stereocenters. The van der Waals surface area contributed by atoms with Crippen molar-refractivity contribution in [3.05, 3.63) is 12.2 Å². The minimum atomic E-state index is 1.08. The molecule has 0 spiro atoms. The van der Waals surface area contributed by atoms with Gasteiger partial charge >= 0.3 is 51.7 Å². The van der Waals surface area contributed by atoms with Crippen LogP contribution in [0.2, 0.25) is 0 Å². The third-order valence-electron chi connectivity index (χ3n) is 0.917. The number of allylic oxidation sites excluding steroid dienone is 2. The number of nitrogens with zero attached hydrogens (tertiary/aromatic N) is 1. The molecular formula is C6H12NP. The molecule has 0 aromatic heterocycles. The third-order valence-corrected chi connectivity index (χ3v) is 1.62. The fourth-order valence-electron chi connectivity index (χ4n) is 0.458. The van der Waals surface area contributed by atoms with Crippen molar-refractivity contribution in [2.75, 3.05) is 6.16 Å². The van der Waals surface area contributed by atoms with Crippen LogP contribution in [-0.4, -0.2) is 6.16 Å². The van der Waals surface area contributed by atoms with Gasteiger partial charge in [-0.05, 0) is 0 Å². The third kappa shape index (κ3) is 5.66. The Labute approximate surface area is 52.6 Å². The van der Waals surface area contributed by atoms with E-state index in [-0.39, 0.29) is 0 Å². The van der Waals surface area contributed by atoms with Crippen LogP contribution >= 0.6 is 9.24 Å². The first kappa shape index (κ1) is 7.66. The SMILES string of the molecule is N#CC=CCCC[PH4]. The molecular weight excluding hydrogens is 117 g/mol. The van der Waals surface area contributed by atoms with Crippen LogP contribution in [0.25, 0.3) is 0 Å². The number of nitriles is 1. The van der Waals surface area contributed by atoms with E-state index in [4.69, 9.17) is 5.26 Å². The summed E-state index contributed by atoms with van der Waals surface area (Å²) in [5.74, 6) is 0. The van der Waals surface area contributed by atoms with Gasteiger partial charge in [0.05, 0.1) is 0 Å². The summed E-state index contributed by atoms with van der Waals surface area (Å²) in [6.07, 6.45) is 7.16. The van der Waals surface area contributed by atoms with E-state index in [1.807, 2.05) is 12.1 Å². The van der Waals surface area contributed by atoms with Gasteiger partial charge in [-0.3, -0.25) is 0 Å². The quantitative estimate of drug-likeness (QED) is 0.319. The molecule has 1 nitrogen and oxygen atoms in total. The van der Waals surface area contributed by atoms with Gasteiger partial charge < -0.3 is 0 Å². The fourth-order valence-corrected chi connectivity index (χ4v) is 0.866. The molecule has 0 rings (SSSR count). The standard InChI is InChI=1S/C6H12NP/c7-5-3-1-2-4-6-8/h1,3H,2,4,6H2,8H4. The molecule has 46 valence electrons. The second-order valence-electron chi connectivity index (χ2n) is 1.67. The van der Waals surface area contributed by atoms with Gasteiger partial charge in [-0.25, -0.2) is 0 Å². The zero-order valence-electron chi connectivity index (χ0n) is 5.22. The van der Waals surface area contributed by atoms with E-state index in [9.17, 15) is 0 Å². The summed E-state index contributed by atoms with van der Waals surface area (Å²) in [6.45, 7) is 0. The Bertz CT molecular complexity index is 102. The van der Waals surface area contributed by atoms with Gasteiger partial charge in [0, 0.05) is 0 Å². The molecule has 0 saturated heterocycles. The van der Waals surface area contributed by atoms with Crippen LogP contribution in [0.1, 0.15) is 12.8 Å². The van der Waals surface area contributed by atoms with E-state index in [2.05, 4.69) is 0 Å². The first-order valence-electron chi connectivity index (χ1n) is 2.96. The van der Waals surface area contributed by atoms with E-state index < -0.39 is 0 Å². The average Bonchev–Trinajstić information content (AvgIpc) is 1.81. The van der Waals surface area contributed by atoms with Crippen molar-refractivity contribution in [2.45, 2.75) is 12.8 Å². The van der Waals surface area contributed by atoms with E-state index >= 15 is 0 Å². The Kier molecular flexibility index (Phi) is 6.38. The summed E-state index contributed by atoms with van der Waals surface area (Å²) in [5.41, 5.74) is 0. The predicted molar refractivity (Wildman–Crippen MR) is 41.4 cm³/mol. The molecule has 8 heavy (non-hydrogen) atoms. The first-order chi connectivity index (χ1) is 3.91. The number of hydrogen-bond donors (Lipinski definition) is 0. The van der Waals surface area contributed by atoms with Crippen molar-refractivity contribution in [2.24, 2.45) is 0 Å². The van der Waals surface area contributed by atoms with Gasteiger partial charge in [-0.2, -0.15) is 0 Å². The van der Waals surface area contributed by atoms with Gasteiger partial charge in [-0.15, -0.1) is 0 Å². The molecule has 0 heterocycles. The molecule has 0 aliphatic heterocycles. The molecule has 0 aromatic rings. The number of rotatable bonds is 3. The molecule has 0 aliphatic carbocycles. The van der Waals surface area contributed by atoms with Crippen molar-refractivity contribution < 1.29 is 0 Å². The topological polar surface area (TPSA) is 23.8 Å².